The zero-order chi connectivity index (χ0) is 16.9. The van der Waals surface area contributed by atoms with E-state index in [9.17, 15) is 10.1 Å². The van der Waals surface area contributed by atoms with E-state index < -0.39 is 0 Å². The number of benzene rings is 1. The predicted molar refractivity (Wildman–Crippen MR) is 94.9 cm³/mol. The fraction of sp³-hybridized carbons (Fsp3) is 0.200. The van der Waals surface area contributed by atoms with Crippen molar-refractivity contribution in [1.82, 2.24) is 0 Å². The van der Waals surface area contributed by atoms with Crippen LogP contribution in [0.25, 0.3) is 11.1 Å². The summed E-state index contributed by atoms with van der Waals surface area (Å²) in [5.74, 6) is 0. The molecule has 0 spiro atoms. The van der Waals surface area contributed by atoms with Crippen LogP contribution in [-0.2, 0) is 22.5 Å². The minimum Gasteiger partial charge on any atom is -0.748 e. The molecule has 0 unspecified atom stereocenters. The number of nitro groups is 1. The fourth-order valence-electron chi connectivity index (χ4n) is 2.41. The van der Waals surface area contributed by atoms with Crippen LogP contribution in [0.5, 0.6) is 0 Å². The Hall–Kier alpha value is -2.16. The average molecular weight is 363 g/mol. The van der Waals surface area contributed by atoms with Gasteiger partial charge in [-0.15, -0.1) is 17.2 Å². The number of non-ortho nitro benzene ring substituents is 1. The summed E-state index contributed by atoms with van der Waals surface area (Å²) in [6.07, 6.45) is 0. The van der Waals surface area contributed by atoms with Crippen molar-refractivity contribution in [3.8, 4) is 11.1 Å². The summed E-state index contributed by atoms with van der Waals surface area (Å²) in [5, 5.41) is 10.6. The van der Waals surface area contributed by atoms with Crippen LogP contribution in [0.3, 0.4) is 0 Å². The number of nitrogens with zero attached hydrogens (tertiary/aromatic N) is 1. The molecular weight excluding hydrogens is 342 g/mol. The first kappa shape index (κ1) is 19.9. The van der Waals surface area contributed by atoms with E-state index >= 15 is 0 Å². The molecule has 0 aliphatic carbocycles. The Labute approximate surface area is 153 Å². The Bertz CT molecular complexity index is 718. The van der Waals surface area contributed by atoms with Crippen molar-refractivity contribution in [3.05, 3.63) is 88.5 Å². The van der Waals surface area contributed by atoms with Crippen molar-refractivity contribution in [3.63, 3.8) is 0 Å². The first-order valence-corrected chi connectivity index (χ1v) is 7.57. The molecule has 3 aromatic carbocycles. The van der Waals surface area contributed by atoms with E-state index in [4.69, 9.17) is 0 Å². The largest absolute Gasteiger partial charge is 0.748 e. The molecular formula is C20H21FeNO2-6. The van der Waals surface area contributed by atoms with Crippen molar-refractivity contribution in [2.45, 2.75) is 26.2 Å². The molecule has 0 radical (unpaired) electrons. The van der Waals surface area contributed by atoms with Crippen molar-refractivity contribution >= 4 is 5.69 Å². The second-order valence-corrected chi connectivity index (χ2v) is 6.37. The summed E-state index contributed by atoms with van der Waals surface area (Å²) in [5.41, 5.74) is 3.63. The van der Waals surface area contributed by atoms with E-state index in [-0.39, 0.29) is 33.1 Å². The minimum atomic E-state index is -0.376. The SMILES string of the molecule is CC(C)(C)[c-]1cccc1-c1ccc([N+](=O)[O-])cc1.[Fe].[cH-]1[cH-][cH-][cH-][cH-]1. The van der Waals surface area contributed by atoms with Crippen molar-refractivity contribution < 1.29 is 22.0 Å². The van der Waals surface area contributed by atoms with Gasteiger partial charge in [-0.25, -0.2) is 0 Å². The Morgan fingerprint density at radius 1 is 0.958 bits per heavy atom. The van der Waals surface area contributed by atoms with Gasteiger partial charge in [0.1, 0.15) is 0 Å². The zero-order valence-corrected chi connectivity index (χ0v) is 15.1. The maximum absolute atomic E-state index is 10.6. The molecule has 0 aliphatic rings. The second-order valence-electron chi connectivity index (χ2n) is 6.37. The standard InChI is InChI=1S/C15H16NO2.C5H5.Fe/c1-15(2,3)14-6-4-5-13(14)11-7-9-12(10-8-11)16(17)18;1-2-4-5-3-1;/h4-10H,1-3H3;1-5H;/q-1;-5;. The van der Waals surface area contributed by atoms with Crippen LogP contribution >= 0.6 is 0 Å². The molecule has 0 aliphatic heterocycles. The molecule has 0 amide bonds. The van der Waals surface area contributed by atoms with Crippen LogP contribution in [0.1, 0.15) is 26.3 Å². The molecule has 24 heavy (non-hydrogen) atoms. The molecule has 0 N–H and O–H groups in total. The van der Waals surface area contributed by atoms with Crippen LogP contribution in [0.15, 0.2) is 72.8 Å². The third-order valence-corrected chi connectivity index (χ3v) is 3.57. The summed E-state index contributed by atoms with van der Waals surface area (Å²) in [4.78, 5) is 10.3. The fourth-order valence-corrected chi connectivity index (χ4v) is 2.41. The Morgan fingerprint density at radius 3 is 1.88 bits per heavy atom. The van der Waals surface area contributed by atoms with E-state index in [2.05, 4.69) is 32.9 Å². The van der Waals surface area contributed by atoms with Gasteiger partial charge in [-0.1, -0.05) is 38.5 Å². The van der Waals surface area contributed by atoms with Gasteiger partial charge in [-0.3, -0.25) is 10.1 Å². The van der Waals surface area contributed by atoms with E-state index in [1.807, 2.05) is 48.5 Å². The first-order valence-electron chi connectivity index (χ1n) is 7.57. The van der Waals surface area contributed by atoms with Crippen LogP contribution < -0.4 is 0 Å². The quantitative estimate of drug-likeness (QED) is 0.254. The van der Waals surface area contributed by atoms with Gasteiger partial charge >= 0.3 is 0 Å². The van der Waals surface area contributed by atoms with E-state index in [1.165, 1.54) is 5.56 Å². The van der Waals surface area contributed by atoms with Gasteiger partial charge in [0, 0.05) is 29.2 Å². The Morgan fingerprint density at radius 2 is 1.46 bits per heavy atom. The molecule has 0 saturated carbocycles. The van der Waals surface area contributed by atoms with Gasteiger partial charge in [-0.2, -0.15) is 12.1 Å². The maximum Gasteiger partial charge on any atom is 0.267 e. The third kappa shape index (κ3) is 5.19. The zero-order valence-electron chi connectivity index (χ0n) is 14.0. The van der Waals surface area contributed by atoms with Crippen molar-refractivity contribution in [2.75, 3.05) is 0 Å². The average Bonchev–Trinajstić information content (AvgIpc) is 3.21. The maximum atomic E-state index is 10.6. The molecule has 3 rings (SSSR count). The van der Waals surface area contributed by atoms with Crippen LogP contribution in [0, 0.1) is 10.1 Å². The summed E-state index contributed by atoms with van der Waals surface area (Å²) >= 11 is 0. The van der Waals surface area contributed by atoms with Gasteiger partial charge in [0.05, 0.1) is 4.92 Å². The van der Waals surface area contributed by atoms with Crippen LogP contribution in [0.4, 0.5) is 5.69 Å². The molecule has 3 aromatic rings. The molecule has 0 bridgehead atoms. The topological polar surface area (TPSA) is 43.1 Å². The van der Waals surface area contributed by atoms with Gasteiger partial charge in [0.2, 0.25) is 0 Å². The number of hydrogen-bond acceptors (Lipinski definition) is 2. The molecule has 3 nitrogen and oxygen atoms in total. The summed E-state index contributed by atoms with van der Waals surface area (Å²) in [7, 11) is 0. The summed E-state index contributed by atoms with van der Waals surface area (Å²) < 4.78 is 0. The van der Waals surface area contributed by atoms with E-state index in [0.717, 1.165) is 11.1 Å². The predicted octanol–water partition coefficient (Wildman–Crippen LogP) is 5.68. The number of nitro benzene ring substituents is 1. The molecule has 0 atom stereocenters. The number of rotatable bonds is 2. The Balaban J connectivity index is 0.000000412. The van der Waals surface area contributed by atoms with Crippen molar-refractivity contribution in [1.29, 1.82) is 0 Å². The van der Waals surface area contributed by atoms with Crippen molar-refractivity contribution in [2.24, 2.45) is 0 Å². The van der Waals surface area contributed by atoms with Crippen LogP contribution in [0.2, 0.25) is 0 Å². The molecule has 0 saturated heterocycles. The van der Waals surface area contributed by atoms with E-state index in [0.29, 0.717) is 0 Å². The third-order valence-electron chi connectivity index (χ3n) is 3.57. The van der Waals surface area contributed by atoms with Gasteiger partial charge < -0.3 is 30.3 Å². The molecule has 132 valence electrons. The second kappa shape index (κ2) is 8.62. The van der Waals surface area contributed by atoms with Gasteiger partial charge in [-0.05, 0) is 5.41 Å². The van der Waals surface area contributed by atoms with Crippen LogP contribution in [-0.4, -0.2) is 4.92 Å². The normalized spacial score (nSPS) is 10.3. The molecule has 4 heteroatoms. The molecule has 0 aromatic heterocycles. The summed E-state index contributed by atoms with van der Waals surface area (Å²) in [6.45, 7) is 6.49. The van der Waals surface area contributed by atoms with E-state index in [1.54, 1.807) is 12.1 Å². The summed E-state index contributed by atoms with van der Waals surface area (Å²) in [6, 6.07) is 22.9. The number of hydrogen-bond donors (Lipinski definition) is 0. The smallest absolute Gasteiger partial charge is 0.267 e. The Kier molecular flexibility index (Phi) is 7.15. The minimum absolute atomic E-state index is 0. The molecule has 0 heterocycles. The van der Waals surface area contributed by atoms with Gasteiger partial charge in [0.25, 0.3) is 5.69 Å². The first-order chi connectivity index (χ1) is 10.9. The van der Waals surface area contributed by atoms with Gasteiger partial charge in [0.15, 0.2) is 0 Å². The monoisotopic (exact) mass is 363 g/mol. The molecule has 0 fully saturated rings.